The molecule has 18 heavy (non-hydrogen) atoms. The molecular formula is C14H19ClO3. The number of aliphatic hydroxyl groups is 1. The maximum absolute atomic E-state index is 11.7. The smallest absolute Gasteiger partial charge is 0.311 e. The van der Waals surface area contributed by atoms with E-state index in [9.17, 15) is 9.90 Å². The van der Waals surface area contributed by atoms with E-state index in [4.69, 9.17) is 16.3 Å². The molecule has 2 atom stereocenters. The summed E-state index contributed by atoms with van der Waals surface area (Å²) in [5.74, 6) is -0.887. The summed E-state index contributed by atoms with van der Waals surface area (Å²) >= 11 is 5.80. The molecule has 0 aliphatic heterocycles. The molecule has 1 aromatic rings. The molecule has 0 saturated heterocycles. The Bertz CT molecular complexity index is 375. The molecule has 0 heterocycles. The van der Waals surface area contributed by atoms with E-state index in [-0.39, 0.29) is 5.97 Å². The van der Waals surface area contributed by atoms with Crippen molar-refractivity contribution in [1.29, 1.82) is 0 Å². The highest BCUT2D eigenvalue weighted by Gasteiger charge is 2.28. The summed E-state index contributed by atoms with van der Waals surface area (Å²) in [7, 11) is 1.34. The molecule has 2 unspecified atom stereocenters. The Balaban J connectivity index is 2.83. The number of rotatable bonds is 6. The summed E-state index contributed by atoms with van der Waals surface area (Å²) in [5, 5.41) is 10.9. The Morgan fingerprint density at radius 2 is 2.00 bits per heavy atom. The van der Waals surface area contributed by atoms with Gasteiger partial charge in [0.25, 0.3) is 0 Å². The van der Waals surface area contributed by atoms with Crippen molar-refractivity contribution < 1.29 is 14.6 Å². The second-order valence-corrected chi connectivity index (χ2v) is 4.70. The molecule has 0 spiro atoms. The number of unbranched alkanes of at least 4 members (excludes halogenated alkanes) is 1. The van der Waals surface area contributed by atoms with Gasteiger partial charge in [-0.15, -0.1) is 0 Å². The summed E-state index contributed by atoms with van der Waals surface area (Å²) < 4.78 is 4.75. The molecule has 0 saturated carbocycles. The molecule has 0 amide bonds. The second kappa shape index (κ2) is 7.39. The first-order chi connectivity index (χ1) is 8.60. The third kappa shape index (κ3) is 4.00. The lowest BCUT2D eigenvalue weighted by Crippen LogP contribution is -2.23. The van der Waals surface area contributed by atoms with Crippen LogP contribution in [0.3, 0.4) is 0 Å². The van der Waals surface area contributed by atoms with Gasteiger partial charge in [-0.1, -0.05) is 43.5 Å². The van der Waals surface area contributed by atoms with E-state index in [1.54, 1.807) is 24.3 Å². The van der Waals surface area contributed by atoms with Gasteiger partial charge >= 0.3 is 5.97 Å². The summed E-state index contributed by atoms with van der Waals surface area (Å²) in [6.07, 6.45) is 1.62. The van der Waals surface area contributed by atoms with E-state index < -0.39 is 12.0 Å². The zero-order valence-electron chi connectivity index (χ0n) is 10.7. The van der Waals surface area contributed by atoms with Crippen molar-refractivity contribution in [2.75, 3.05) is 7.11 Å². The van der Waals surface area contributed by atoms with Crippen LogP contribution in [-0.2, 0) is 9.53 Å². The average Bonchev–Trinajstić information content (AvgIpc) is 2.39. The van der Waals surface area contributed by atoms with E-state index >= 15 is 0 Å². The molecule has 4 heteroatoms. The lowest BCUT2D eigenvalue weighted by atomic mass is 9.91. The van der Waals surface area contributed by atoms with E-state index in [0.717, 1.165) is 12.8 Å². The Hall–Kier alpha value is -1.06. The number of carbonyl (C=O) groups excluding carboxylic acids is 1. The van der Waals surface area contributed by atoms with Gasteiger partial charge in [0.1, 0.15) is 0 Å². The summed E-state index contributed by atoms with van der Waals surface area (Å²) in [5.41, 5.74) is 0.686. The number of esters is 1. The minimum Gasteiger partial charge on any atom is -0.469 e. The Kier molecular flexibility index (Phi) is 6.16. The van der Waals surface area contributed by atoms with Crippen LogP contribution in [0.4, 0.5) is 0 Å². The van der Waals surface area contributed by atoms with Gasteiger partial charge in [-0.3, -0.25) is 4.79 Å². The Morgan fingerprint density at radius 1 is 1.39 bits per heavy atom. The van der Waals surface area contributed by atoms with Crippen molar-refractivity contribution in [1.82, 2.24) is 0 Å². The fourth-order valence-electron chi connectivity index (χ4n) is 1.87. The number of aliphatic hydroxyl groups excluding tert-OH is 1. The molecule has 0 fully saturated rings. The van der Waals surface area contributed by atoms with Crippen molar-refractivity contribution in [2.24, 2.45) is 5.92 Å². The minimum absolute atomic E-state index is 0.370. The molecule has 1 N–H and O–H groups in total. The zero-order valence-corrected chi connectivity index (χ0v) is 11.5. The number of benzene rings is 1. The van der Waals surface area contributed by atoms with Crippen LogP contribution in [0.2, 0.25) is 5.02 Å². The van der Waals surface area contributed by atoms with E-state index in [1.165, 1.54) is 7.11 Å². The molecule has 0 aromatic heterocycles. The van der Waals surface area contributed by atoms with E-state index in [1.807, 2.05) is 6.92 Å². The Morgan fingerprint density at radius 3 is 2.50 bits per heavy atom. The highest BCUT2D eigenvalue weighted by Crippen LogP contribution is 2.28. The number of halogens is 1. The van der Waals surface area contributed by atoms with Crippen molar-refractivity contribution in [2.45, 2.75) is 32.3 Å². The number of hydrogen-bond acceptors (Lipinski definition) is 3. The van der Waals surface area contributed by atoms with Gasteiger partial charge in [-0.2, -0.15) is 0 Å². The van der Waals surface area contributed by atoms with E-state index in [0.29, 0.717) is 17.0 Å². The van der Waals surface area contributed by atoms with Crippen LogP contribution in [0.25, 0.3) is 0 Å². The SMILES string of the molecule is CCCCC(C(=O)OC)C(O)c1ccc(Cl)cc1. The third-order valence-corrected chi connectivity index (χ3v) is 3.22. The molecule has 3 nitrogen and oxygen atoms in total. The molecule has 0 bridgehead atoms. The first kappa shape index (κ1) is 15.0. The quantitative estimate of drug-likeness (QED) is 0.807. The van der Waals surface area contributed by atoms with Gasteiger partial charge in [-0.25, -0.2) is 0 Å². The zero-order chi connectivity index (χ0) is 13.5. The first-order valence-electron chi connectivity index (χ1n) is 6.11. The molecule has 100 valence electrons. The van der Waals surface area contributed by atoms with Crippen molar-refractivity contribution in [3.63, 3.8) is 0 Å². The van der Waals surface area contributed by atoms with Crippen LogP contribution >= 0.6 is 11.6 Å². The van der Waals surface area contributed by atoms with Crippen LogP contribution in [-0.4, -0.2) is 18.2 Å². The van der Waals surface area contributed by atoms with Gasteiger partial charge in [0.15, 0.2) is 0 Å². The normalized spacial score (nSPS) is 14.0. The van der Waals surface area contributed by atoms with Crippen LogP contribution in [0.1, 0.15) is 37.9 Å². The molecule has 0 aliphatic carbocycles. The monoisotopic (exact) mass is 270 g/mol. The summed E-state index contributed by atoms with van der Waals surface area (Å²) in [4.78, 5) is 11.7. The summed E-state index contributed by atoms with van der Waals surface area (Å²) in [6.45, 7) is 2.04. The van der Waals surface area contributed by atoms with Crippen LogP contribution < -0.4 is 0 Å². The largest absolute Gasteiger partial charge is 0.469 e. The number of hydrogen-bond donors (Lipinski definition) is 1. The van der Waals surface area contributed by atoms with Gasteiger partial charge in [0.05, 0.1) is 19.1 Å². The van der Waals surface area contributed by atoms with Gasteiger partial charge in [0.2, 0.25) is 0 Å². The van der Waals surface area contributed by atoms with Crippen molar-refractivity contribution in [3.8, 4) is 0 Å². The standard InChI is InChI=1S/C14H19ClO3/c1-3-4-5-12(14(17)18-2)13(16)10-6-8-11(15)9-7-10/h6-9,12-13,16H,3-5H2,1-2H3. The maximum atomic E-state index is 11.7. The van der Waals surface area contributed by atoms with E-state index in [2.05, 4.69) is 0 Å². The number of carbonyl (C=O) groups is 1. The fraction of sp³-hybridized carbons (Fsp3) is 0.500. The van der Waals surface area contributed by atoms with Crippen molar-refractivity contribution in [3.05, 3.63) is 34.9 Å². The lowest BCUT2D eigenvalue weighted by molar-refractivity contribution is -0.150. The molecule has 0 aliphatic rings. The average molecular weight is 271 g/mol. The first-order valence-corrected chi connectivity index (χ1v) is 6.49. The van der Waals surface area contributed by atoms with Gasteiger partial charge in [-0.05, 0) is 24.1 Å². The lowest BCUT2D eigenvalue weighted by Gasteiger charge is -2.21. The third-order valence-electron chi connectivity index (χ3n) is 2.97. The Labute approximate surface area is 113 Å². The number of ether oxygens (including phenoxy) is 1. The minimum atomic E-state index is -0.846. The fourth-order valence-corrected chi connectivity index (χ4v) is 2.00. The van der Waals surface area contributed by atoms with Crippen molar-refractivity contribution >= 4 is 17.6 Å². The molecule has 1 rings (SSSR count). The molecule has 1 aromatic carbocycles. The van der Waals surface area contributed by atoms with Crippen LogP contribution in [0.5, 0.6) is 0 Å². The highest BCUT2D eigenvalue weighted by atomic mass is 35.5. The summed E-state index contributed by atoms with van der Waals surface area (Å²) in [6, 6.07) is 6.87. The predicted molar refractivity (Wildman–Crippen MR) is 71.4 cm³/mol. The predicted octanol–water partition coefficient (Wildman–Crippen LogP) is 3.35. The molecular weight excluding hydrogens is 252 g/mol. The molecule has 0 radical (unpaired) electrons. The number of methoxy groups -OCH3 is 1. The second-order valence-electron chi connectivity index (χ2n) is 4.27. The van der Waals surface area contributed by atoms with Crippen LogP contribution in [0, 0.1) is 5.92 Å². The maximum Gasteiger partial charge on any atom is 0.311 e. The topological polar surface area (TPSA) is 46.5 Å². The highest BCUT2D eigenvalue weighted by molar-refractivity contribution is 6.30. The van der Waals surface area contributed by atoms with Gasteiger partial charge < -0.3 is 9.84 Å². The van der Waals surface area contributed by atoms with Gasteiger partial charge in [0, 0.05) is 5.02 Å². The van der Waals surface area contributed by atoms with Crippen LogP contribution in [0.15, 0.2) is 24.3 Å².